The number of fused-ring (bicyclic) bond motifs is 4. The summed E-state index contributed by atoms with van der Waals surface area (Å²) in [5.74, 6) is 2.21. The third-order valence-corrected chi connectivity index (χ3v) is 7.38. The molecule has 3 aliphatic rings. The zero-order valence-electron chi connectivity index (χ0n) is 18.2. The SMILES string of the molecule is COc1cccc(C[C@H]2[C@H]3C[C@H](CN(C(=O)c4nccn4C)C3)[C@@H]3CCCC(=O)N32)c1. The highest BCUT2D eigenvalue weighted by Gasteiger charge is 2.50. The van der Waals surface area contributed by atoms with Gasteiger partial charge >= 0.3 is 0 Å². The summed E-state index contributed by atoms with van der Waals surface area (Å²) < 4.78 is 7.20. The molecule has 2 aromatic rings. The fourth-order valence-electron chi connectivity index (χ4n) is 5.96. The van der Waals surface area contributed by atoms with Gasteiger partial charge in [0.1, 0.15) is 5.75 Å². The van der Waals surface area contributed by atoms with E-state index in [0.717, 1.165) is 31.4 Å². The van der Waals surface area contributed by atoms with Gasteiger partial charge in [0.05, 0.1) is 7.11 Å². The van der Waals surface area contributed by atoms with Gasteiger partial charge in [-0.15, -0.1) is 0 Å². The lowest BCUT2D eigenvalue weighted by molar-refractivity contribution is -0.151. The van der Waals surface area contributed by atoms with Crippen LogP contribution in [0, 0.1) is 11.8 Å². The van der Waals surface area contributed by atoms with Crippen molar-refractivity contribution in [2.75, 3.05) is 20.2 Å². The van der Waals surface area contributed by atoms with Gasteiger partial charge in [-0.1, -0.05) is 12.1 Å². The number of likely N-dealkylation sites (tertiary alicyclic amines) is 1. The molecule has 0 saturated carbocycles. The van der Waals surface area contributed by atoms with E-state index in [4.69, 9.17) is 4.74 Å². The molecule has 31 heavy (non-hydrogen) atoms. The molecule has 0 spiro atoms. The van der Waals surface area contributed by atoms with Crippen LogP contribution in [0.4, 0.5) is 0 Å². The standard InChI is InChI=1S/C24H30N4O3/c1-26-10-9-25-23(26)24(30)27-14-17-13-18(15-27)21(28-20(17)7-4-8-22(28)29)12-16-5-3-6-19(11-16)31-2/h3,5-6,9-11,17-18,20-21H,4,7-8,12-15H2,1-2H3/t17-,18+,20+,21+/m1/s1. The summed E-state index contributed by atoms with van der Waals surface area (Å²) in [5.41, 5.74) is 1.17. The van der Waals surface area contributed by atoms with E-state index >= 15 is 0 Å². The molecule has 5 rings (SSSR count). The van der Waals surface area contributed by atoms with Crippen LogP contribution in [-0.2, 0) is 18.3 Å². The lowest BCUT2D eigenvalue weighted by Crippen LogP contribution is -2.66. The maximum absolute atomic E-state index is 13.2. The monoisotopic (exact) mass is 422 g/mol. The molecule has 1 aromatic carbocycles. The van der Waals surface area contributed by atoms with Crippen molar-refractivity contribution in [1.29, 1.82) is 0 Å². The van der Waals surface area contributed by atoms with E-state index < -0.39 is 0 Å². The van der Waals surface area contributed by atoms with Crippen LogP contribution in [0.3, 0.4) is 0 Å². The highest BCUT2D eigenvalue weighted by molar-refractivity contribution is 5.91. The van der Waals surface area contributed by atoms with E-state index in [2.05, 4.69) is 22.0 Å². The van der Waals surface area contributed by atoms with Crippen LogP contribution in [-0.4, -0.2) is 63.4 Å². The van der Waals surface area contributed by atoms with Crippen LogP contribution in [0.2, 0.25) is 0 Å². The Bertz CT molecular complexity index is 987. The smallest absolute Gasteiger partial charge is 0.289 e. The van der Waals surface area contributed by atoms with E-state index in [1.165, 1.54) is 5.56 Å². The average Bonchev–Trinajstić information content (AvgIpc) is 3.22. The molecule has 4 heterocycles. The summed E-state index contributed by atoms with van der Waals surface area (Å²) >= 11 is 0. The molecule has 2 bridgehead atoms. The van der Waals surface area contributed by atoms with Gasteiger partial charge in [-0.2, -0.15) is 0 Å². The number of aromatic nitrogens is 2. The van der Waals surface area contributed by atoms with Crippen molar-refractivity contribution < 1.29 is 14.3 Å². The van der Waals surface area contributed by atoms with Crippen molar-refractivity contribution in [3.8, 4) is 5.75 Å². The maximum atomic E-state index is 13.2. The van der Waals surface area contributed by atoms with Crippen molar-refractivity contribution in [1.82, 2.24) is 19.4 Å². The van der Waals surface area contributed by atoms with Gasteiger partial charge in [-0.25, -0.2) is 4.98 Å². The molecule has 0 aliphatic carbocycles. The topological polar surface area (TPSA) is 67.7 Å². The molecule has 1 aromatic heterocycles. The fourth-order valence-corrected chi connectivity index (χ4v) is 5.96. The molecule has 3 fully saturated rings. The second-order valence-electron chi connectivity index (χ2n) is 9.21. The molecule has 2 amide bonds. The van der Waals surface area contributed by atoms with Gasteiger partial charge in [-0.05, 0) is 55.2 Å². The van der Waals surface area contributed by atoms with Crippen molar-refractivity contribution >= 4 is 11.8 Å². The molecule has 3 aliphatic heterocycles. The molecule has 4 atom stereocenters. The molecule has 164 valence electrons. The Kier molecular flexibility index (Phi) is 5.20. The van der Waals surface area contributed by atoms with Crippen LogP contribution in [0.25, 0.3) is 0 Å². The average molecular weight is 423 g/mol. The summed E-state index contributed by atoms with van der Waals surface area (Å²) in [6, 6.07) is 8.46. The number of rotatable bonds is 4. The largest absolute Gasteiger partial charge is 0.497 e. The Labute approximate surface area is 183 Å². The number of nitrogens with zero attached hydrogens (tertiary/aromatic N) is 4. The molecule has 3 saturated heterocycles. The van der Waals surface area contributed by atoms with Gasteiger partial charge < -0.3 is 19.1 Å². The van der Waals surface area contributed by atoms with Crippen molar-refractivity contribution in [3.05, 3.63) is 48.0 Å². The molecule has 0 unspecified atom stereocenters. The van der Waals surface area contributed by atoms with Crippen molar-refractivity contribution in [2.24, 2.45) is 18.9 Å². The maximum Gasteiger partial charge on any atom is 0.289 e. The lowest BCUT2D eigenvalue weighted by Gasteiger charge is -2.56. The quantitative estimate of drug-likeness (QED) is 0.759. The van der Waals surface area contributed by atoms with Crippen molar-refractivity contribution in [2.45, 2.75) is 44.2 Å². The molecular weight excluding hydrogens is 392 g/mol. The molecular formula is C24H30N4O3. The molecule has 0 radical (unpaired) electrons. The summed E-state index contributed by atoms with van der Waals surface area (Å²) in [5, 5.41) is 0. The number of imidazole rings is 1. The Morgan fingerprint density at radius 1 is 1.26 bits per heavy atom. The van der Waals surface area contributed by atoms with Gasteiger partial charge in [0, 0.05) is 51.0 Å². The minimum absolute atomic E-state index is 0.00193. The second-order valence-corrected chi connectivity index (χ2v) is 9.21. The van der Waals surface area contributed by atoms with Crippen LogP contribution in [0.15, 0.2) is 36.7 Å². The third-order valence-electron chi connectivity index (χ3n) is 7.38. The van der Waals surface area contributed by atoms with E-state index in [1.807, 2.05) is 30.3 Å². The summed E-state index contributed by atoms with van der Waals surface area (Å²) in [6.07, 6.45) is 7.97. The van der Waals surface area contributed by atoms with Crippen LogP contribution in [0.1, 0.15) is 41.9 Å². The second kappa shape index (κ2) is 8.02. The van der Waals surface area contributed by atoms with Gasteiger partial charge in [0.2, 0.25) is 5.91 Å². The summed E-state index contributed by atoms with van der Waals surface area (Å²) in [6.45, 7) is 1.38. The normalized spacial score (nSPS) is 27.7. The number of benzene rings is 1. The van der Waals surface area contributed by atoms with E-state index in [0.29, 0.717) is 31.3 Å². The zero-order chi connectivity index (χ0) is 21.5. The minimum atomic E-state index is -0.00193. The molecule has 7 heteroatoms. The number of aryl methyl sites for hydroxylation is 1. The van der Waals surface area contributed by atoms with E-state index in [1.54, 1.807) is 17.9 Å². The zero-order valence-corrected chi connectivity index (χ0v) is 18.2. The Balaban J connectivity index is 1.45. The number of piperidine rings is 3. The Hall–Kier alpha value is -2.83. The van der Waals surface area contributed by atoms with Crippen molar-refractivity contribution in [3.63, 3.8) is 0 Å². The predicted molar refractivity (Wildman–Crippen MR) is 116 cm³/mol. The van der Waals surface area contributed by atoms with Crippen LogP contribution in [0.5, 0.6) is 5.75 Å². The molecule has 7 nitrogen and oxygen atoms in total. The van der Waals surface area contributed by atoms with Crippen LogP contribution < -0.4 is 4.74 Å². The number of amides is 2. The predicted octanol–water partition coefficient (Wildman–Crippen LogP) is 2.51. The highest BCUT2D eigenvalue weighted by atomic mass is 16.5. The number of ether oxygens (including phenoxy) is 1. The molecule has 0 N–H and O–H groups in total. The number of hydrogen-bond donors (Lipinski definition) is 0. The van der Waals surface area contributed by atoms with Crippen LogP contribution >= 0.6 is 0 Å². The summed E-state index contributed by atoms with van der Waals surface area (Å²) in [4.78, 5) is 34.7. The van der Waals surface area contributed by atoms with E-state index in [9.17, 15) is 9.59 Å². The first kappa shape index (κ1) is 20.1. The van der Waals surface area contributed by atoms with Gasteiger partial charge in [-0.3, -0.25) is 9.59 Å². The first-order valence-electron chi connectivity index (χ1n) is 11.3. The highest BCUT2D eigenvalue weighted by Crippen LogP contribution is 2.43. The van der Waals surface area contributed by atoms with Gasteiger partial charge in [0.25, 0.3) is 5.91 Å². The Morgan fingerprint density at radius 3 is 2.87 bits per heavy atom. The number of methoxy groups -OCH3 is 1. The third kappa shape index (κ3) is 3.60. The first-order valence-corrected chi connectivity index (χ1v) is 11.3. The number of carbonyl (C=O) groups excluding carboxylic acids is 2. The fraction of sp³-hybridized carbons (Fsp3) is 0.542. The summed E-state index contributed by atoms with van der Waals surface area (Å²) in [7, 11) is 3.54. The number of hydrogen-bond acceptors (Lipinski definition) is 4. The van der Waals surface area contributed by atoms with E-state index in [-0.39, 0.29) is 29.8 Å². The van der Waals surface area contributed by atoms with Gasteiger partial charge in [0.15, 0.2) is 5.82 Å². The first-order chi connectivity index (χ1) is 15.0. The lowest BCUT2D eigenvalue weighted by atomic mass is 9.70. The number of carbonyl (C=O) groups is 2. The Morgan fingerprint density at radius 2 is 2.10 bits per heavy atom. The minimum Gasteiger partial charge on any atom is -0.497 e.